The first-order valence-electron chi connectivity index (χ1n) is 8.41. The maximum Gasteiger partial charge on any atom is 0.161 e. The second kappa shape index (κ2) is 8.84. The molecule has 1 aromatic rings. The molecule has 0 spiro atoms. The number of benzene rings is 1. The molecule has 0 unspecified atom stereocenters. The van der Waals surface area contributed by atoms with Gasteiger partial charge in [0.25, 0.3) is 0 Å². The molecule has 0 saturated heterocycles. The quantitative estimate of drug-likeness (QED) is 0.568. The van der Waals surface area contributed by atoms with Crippen LogP contribution in [0.5, 0.6) is 11.5 Å². The Kier molecular flexibility index (Phi) is 6.78. The lowest BCUT2D eigenvalue weighted by Gasteiger charge is -2.15. The van der Waals surface area contributed by atoms with E-state index in [0.717, 1.165) is 24.6 Å². The molecule has 22 heavy (non-hydrogen) atoms. The lowest BCUT2D eigenvalue weighted by atomic mass is 9.97. The summed E-state index contributed by atoms with van der Waals surface area (Å²) < 4.78 is 11.2. The third-order valence-electron chi connectivity index (χ3n) is 3.93. The van der Waals surface area contributed by atoms with Crippen molar-refractivity contribution >= 4 is 0 Å². The zero-order valence-electron chi connectivity index (χ0n) is 14.2. The summed E-state index contributed by atoms with van der Waals surface area (Å²) in [6.45, 7) is 5.95. The number of methoxy groups -OCH3 is 1. The molecule has 3 nitrogen and oxygen atoms in total. The van der Waals surface area contributed by atoms with Crippen LogP contribution in [0, 0.1) is 0 Å². The van der Waals surface area contributed by atoms with E-state index >= 15 is 0 Å². The van der Waals surface area contributed by atoms with E-state index in [1.807, 2.05) is 19.9 Å². The van der Waals surface area contributed by atoms with E-state index in [1.165, 1.54) is 37.7 Å². The summed E-state index contributed by atoms with van der Waals surface area (Å²) in [5, 5.41) is 3.52. The van der Waals surface area contributed by atoms with Gasteiger partial charge in [0.1, 0.15) is 0 Å². The summed E-state index contributed by atoms with van der Waals surface area (Å²) in [6, 6.07) is 6.16. The molecular formula is C19H29NO2. The maximum absolute atomic E-state index is 5.74. The van der Waals surface area contributed by atoms with Crippen LogP contribution in [0.2, 0.25) is 0 Å². The summed E-state index contributed by atoms with van der Waals surface area (Å²) >= 11 is 0. The van der Waals surface area contributed by atoms with Gasteiger partial charge in [-0.3, -0.25) is 0 Å². The highest BCUT2D eigenvalue weighted by molar-refractivity contribution is 5.43. The van der Waals surface area contributed by atoms with E-state index in [-0.39, 0.29) is 6.10 Å². The predicted molar refractivity (Wildman–Crippen MR) is 91.6 cm³/mol. The first kappa shape index (κ1) is 16.9. The topological polar surface area (TPSA) is 30.5 Å². The lowest BCUT2D eigenvalue weighted by Crippen LogP contribution is -2.16. The minimum Gasteiger partial charge on any atom is -0.493 e. The maximum atomic E-state index is 5.74. The highest BCUT2D eigenvalue weighted by atomic mass is 16.5. The van der Waals surface area contributed by atoms with Crippen LogP contribution in [0.3, 0.4) is 0 Å². The fraction of sp³-hybridized carbons (Fsp3) is 0.579. The average Bonchev–Trinajstić information content (AvgIpc) is 2.53. The molecular weight excluding hydrogens is 274 g/mol. The van der Waals surface area contributed by atoms with Crippen molar-refractivity contribution in [3.8, 4) is 11.5 Å². The molecule has 2 rings (SSSR count). The van der Waals surface area contributed by atoms with E-state index in [1.54, 1.807) is 12.7 Å². The molecule has 0 aliphatic heterocycles. The van der Waals surface area contributed by atoms with Crippen LogP contribution in [0.4, 0.5) is 0 Å². The molecule has 1 aliphatic carbocycles. The van der Waals surface area contributed by atoms with Crippen LogP contribution < -0.4 is 14.8 Å². The van der Waals surface area contributed by atoms with Gasteiger partial charge in [0.2, 0.25) is 0 Å². The summed E-state index contributed by atoms with van der Waals surface area (Å²) in [6.07, 6.45) is 9.03. The Labute approximate surface area is 134 Å². The molecule has 0 aromatic heterocycles. The van der Waals surface area contributed by atoms with Crippen molar-refractivity contribution in [3.63, 3.8) is 0 Å². The fourth-order valence-corrected chi connectivity index (χ4v) is 2.79. The third kappa shape index (κ3) is 5.38. The van der Waals surface area contributed by atoms with Crippen molar-refractivity contribution in [2.75, 3.05) is 13.7 Å². The standard InChI is InChI=1S/C19H29NO2/c1-15(2)22-18-10-9-17(13-19(18)21-3)14-20-12-11-16-7-5-4-6-8-16/h7,9-10,13,15,20H,4-6,8,11-12,14H2,1-3H3. The second-order valence-corrected chi connectivity index (χ2v) is 6.19. The predicted octanol–water partition coefficient (Wildman–Crippen LogP) is 4.46. The van der Waals surface area contributed by atoms with Gasteiger partial charge < -0.3 is 14.8 Å². The molecule has 1 aromatic carbocycles. The van der Waals surface area contributed by atoms with Crippen molar-refractivity contribution in [1.29, 1.82) is 0 Å². The zero-order valence-corrected chi connectivity index (χ0v) is 14.2. The molecule has 0 radical (unpaired) electrons. The molecule has 3 heteroatoms. The van der Waals surface area contributed by atoms with Crippen molar-refractivity contribution in [1.82, 2.24) is 5.32 Å². The number of allylic oxidation sites excluding steroid dienone is 1. The number of nitrogens with one attached hydrogen (secondary N) is 1. The minimum atomic E-state index is 0.154. The lowest BCUT2D eigenvalue weighted by molar-refractivity contribution is 0.230. The molecule has 0 fully saturated rings. The van der Waals surface area contributed by atoms with Gasteiger partial charge >= 0.3 is 0 Å². The van der Waals surface area contributed by atoms with Gasteiger partial charge in [0.15, 0.2) is 11.5 Å². The SMILES string of the molecule is COc1cc(CNCCC2=CCCCC2)ccc1OC(C)C. The molecule has 122 valence electrons. The van der Waals surface area contributed by atoms with Crippen LogP contribution in [0.15, 0.2) is 29.8 Å². The minimum absolute atomic E-state index is 0.154. The van der Waals surface area contributed by atoms with Gasteiger partial charge in [-0.2, -0.15) is 0 Å². The Morgan fingerprint density at radius 3 is 2.73 bits per heavy atom. The Morgan fingerprint density at radius 2 is 2.05 bits per heavy atom. The van der Waals surface area contributed by atoms with Gasteiger partial charge in [-0.1, -0.05) is 17.7 Å². The Hall–Kier alpha value is -1.48. The number of hydrogen-bond acceptors (Lipinski definition) is 3. The van der Waals surface area contributed by atoms with Crippen molar-refractivity contribution in [2.24, 2.45) is 0 Å². The molecule has 1 N–H and O–H groups in total. The molecule has 0 amide bonds. The van der Waals surface area contributed by atoms with E-state index < -0.39 is 0 Å². The first-order chi connectivity index (χ1) is 10.7. The third-order valence-corrected chi connectivity index (χ3v) is 3.93. The Balaban J connectivity index is 1.81. The summed E-state index contributed by atoms with van der Waals surface area (Å²) in [5.74, 6) is 1.62. The van der Waals surface area contributed by atoms with Gasteiger partial charge in [0, 0.05) is 6.54 Å². The van der Waals surface area contributed by atoms with Crippen molar-refractivity contribution < 1.29 is 9.47 Å². The smallest absolute Gasteiger partial charge is 0.161 e. The van der Waals surface area contributed by atoms with E-state index in [2.05, 4.69) is 23.5 Å². The Bertz CT molecular complexity index is 494. The summed E-state index contributed by atoms with van der Waals surface area (Å²) in [5.41, 5.74) is 2.85. The van der Waals surface area contributed by atoms with E-state index in [4.69, 9.17) is 9.47 Å². The van der Waals surface area contributed by atoms with Crippen LogP contribution in [-0.4, -0.2) is 19.8 Å². The van der Waals surface area contributed by atoms with Gasteiger partial charge in [-0.25, -0.2) is 0 Å². The van der Waals surface area contributed by atoms with Crippen LogP contribution >= 0.6 is 0 Å². The largest absolute Gasteiger partial charge is 0.493 e. The average molecular weight is 303 g/mol. The Morgan fingerprint density at radius 1 is 1.18 bits per heavy atom. The zero-order chi connectivity index (χ0) is 15.8. The summed E-state index contributed by atoms with van der Waals surface area (Å²) in [7, 11) is 1.69. The fourth-order valence-electron chi connectivity index (χ4n) is 2.79. The first-order valence-corrected chi connectivity index (χ1v) is 8.41. The summed E-state index contributed by atoms with van der Waals surface area (Å²) in [4.78, 5) is 0. The van der Waals surface area contributed by atoms with Gasteiger partial charge in [-0.05, 0) is 70.2 Å². The van der Waals surface area contributed by atoms with Crippen molar-refractivity contribution in [3.05, 3.63) is 35.4 Å². The van der Waals surface area contributed by atoms with Gasteiger partial charge in [-0.15, -0.1) is 0 Å². The molecule has 0 saturated carbocycles. The molecule has 0 bridgehead atoms. The second-order valence-electron chi connectivity index (χ2n) is 6.19. The molecule has 1 aliphatic rings. The van der Waals surface area contributed by atoms with Gasteiger partial charge in [0.05, 0.1) is 13.2 Å². The normalized spacial score (nSPS) is 14.8. The number of hydrogen-bond donors (Lipinski definition) is 1. The van der Waals surface area contributed by atoms with Crippen LogP contribution in [0.25, 0.3) is 0 Å². The van der Waals surface area contributed by atoms with E-state index in [0.29, 0.717) is 0 Å². The van der Waals surface area contributed by atoms with Crippen molar-refractivity contribution in [2.45, 2.75) is 58.6 Å². The van der Waals surface area contributed by atoms with E-state index in [9.17, 15) is 0 Å². The van der Waals surface area contributed by atoms with Crippen LogP contribution in [-0.2, 0) is 6.54 Å². The highest BCUT2D eigenvalue weighted by Gasteiger charge is 2.08. The molecule has 0 heterocycles. The molecule has 0 atom stereocenters. The number of rotatable bonds is 8. The van der Waals surface area contributed by atoms with Crippen LogP contribution in [0.1, 0.15) is 51.5 Å². The monoisotopic (exact) mass is 303 g/mol. The highest BCUT2D eigenvalue weighted by Crippen LogP contribution is 2.29. The number of ether oxygens (including phenoxy) is 2.